The smallest absolute Gasteiger partial charge is 0.310 e. The van der Waals surface area contributed by atoms with Crippen LogP contribution in [0.3, 0.4) is 0 Å². The zero-order valence-electron chi connectivity index (χ0n) is 11.6. The van der Waals surface area contributed by atoms with E-state index < -0.39 is 11.9 Å². The Balaban J connectivity index is 2.05. The number of aliphatic carboxylic acids is 1. The van der Waals surface area contributed by atoms with Crippen LogP contribution in [0, 0.1) is 0 Å². The largest absolute Gasteiger partial charge is 0.481 e. The molecule has 0 unspecified atom stereocenters. The summed E-state index contributed by atoms with van der Waals surface area (Å²) in [6.45, 7) is 1.89. The van der Waals surface area contributed by atoms with E-state index in [-0.39, 0.29) is 0 Å². The van der Waals surface area contributed by atoms with Gasteiger partial charge >= 0.3 is 5.97 Å². The predicted octanol–water partition coefficient (Wildman–Crippen LogP) is 4.54. The lowest BCUT2D eigenvalue weighted by molar-refractivity contribution is -0.138. The van der Waals surface area contributed by atoms with Crippen molar-refractivity contribution in [3.05, 3.63) is 54.1 Å². The second-order valence-electron chi connectivity index (χ2n) is 4.91. The zero-order valence-corrected chi connectivity index (χ0v) is 12.4. The van der Waals surface area contributed by atoms with E-state index in [1.54, 1.807) is 11.3 Å². The summed E-state index contributed by atoms with van der Waals surface area (Å²) in [5.41, 5.74) is 2.78. The number of rotatable bonds is 4. The van der Waals surface area contributed by atoms with Crippen LogP contribution >= 0.6 is 11.3 Å². The number of nitrogens with zero attached hydrogens (tertiary/aromatic N) is 1. The van der Waals surface area contributed by atoms with Gasteiger partial charge in [-0.2, -0.15) is 0 Å². The first-order valence-corrected chi connectivity index (χ1v) is 7.69. The van der Waals surface area contributed by atoms with Crippen molar-refractivity contribution >= 4 is 27.5 Å². The van der Waals surface area contributed by atoms with Crippen molar-refractivity contribution in [2.24, 2.45) is 0 Å². The van der Waals surface area contributed by atoms with Crippen LogP contribution in [0.25, 0.3) is 20.8 Å². The molecule has 1 aromatic heterocycles. The molecule has 3 nitrogen and oxygen atoms in total. The Labute approximate surface area is 126 Å². The van der Waals surface area contributed by atoms with Crippen LogP contribution in [0.2, 0.25) is 0 Å². The van der Waals surface area contributed by atoms with Crippen LogP contribution in [-0.4, -0.2) is 16.1 Å². The number of fused-ring (bicyclic) bond motifs is 1. The van der Waals surface area contributed by atoms with Gasteiger partial charge in [0.15, 0.2) is 0 Å². The highest BCUT2D eigenvalue weighted by Gasteiger charge is 2.18. The Morgan fingerprint density at radius 3 is 2.67 bits per heavy atom. The van der Waals surface area contributed by atoms with E-state index >= 15 is 0 Å². The summed E-state index contributed by atoms with van der Waals surface area (Å²) in [6.07, 6.45) is 0.580. The molecule has 0 saturated heterocycles. The minimum Gasteiger partial charge on any atom is -0.481 e. The van der Waals surface area contributed by atoms with Gasteiger partial charge in [0.05, 0.1) is 16.1 Å². The number of hydrogen-bond acceptors (Lipinski definition) is 3. The lowest BCUT2D eigenvalue weighted by atomic mass is 9.96. The maximum Gasteiger partial charge on any atom is 0.310 e. The number of thiazole rings is 1. The molecule has 1 atom stereocenters. The molecule has 0 saturated carbocycles. The molecule has 0 fully saturated rings. The second kappa shape index (κ2) is 5.66. The summed E-state index contributed by atoms with van der Waals surface area (Å²) < 4.78 is 1.08. The van der Waals surface area contributed by atoms with Crippen molar-refractivity contribution < 1.29 is 9.90 Å². The quantitative estimate of drug-likeness (QED) is 0.769. The molecule has 0 radical (unpaired) electrons. The number of carbonyl (C=O) groups is 1. The van der Waals surface area contributed by atoms with Crippen molar-refractivity contribution in [3.8, 4) is 10.6 Å². The number of aromatic nitrogens is 1. The van der Waals surface area contributed by atoms with Crippen LogP contribution in [0.4, 0.5) is 0 Å². The molecule has 2 aromatic carbocycles. The van der Waals surface area contributed by atoms with Gasteiger partial charge in [-0.15, -0.1) is 11.3 Å². The topological polar surface area (TPSA) is 50.2 Å². The lowest BCUT2D eigenvalue weighted by Gasteiger charge is -2.09. The summed E-state index contributed by atoms with van der Waals surface area (Å²) in [4.78, 5) is 15.9. The monoisotopic (exact) mass is 297 g/mol. The number of benzene rings is 2. The van der Waals surface area contributed by atoms with Crippen LogP contribution in [-0.2, 0) is 4.79 Å². The van der Waals surface area contributed by atoms with Crippen LogP contribution in [0.15, 0.2) is 48.5 Å². The minimum atomic E-state index is -0.782. The van der Waals surface area contributed by atoms with Crippen molar-refractivity contribution in [1.82, 2.24) is 4.98 Å². The normalized spacial score (nSPS) is 12.4. The van der Waals surface area contributed by atoms with E-state index in [1.807, 2.05) is 55.5 Å². The van der Waals surface area contributed by atoms with E-state index in [0.717, 1.165) is 26.4 Å². The van der Waals surface area contributed by atoms with Gasteiger partial charge in [0.1, 0.15) is 5.01 Å². The Hall–Kier alpha value is -2.20. The fourth-order valence-corrected chi connectivity index (χ4v) is 3.37. The molecule has 4 heteroatoms. The Morgan fingerprint density at radius 1 is 1.24 bits per heavy atom. The lowest BCUT2D eigenvalue weighted by Crippen LogP contribution is -2.10. The SMILES string of the molecule is CC[C@H](C(=O)O)c1ccc2sc(-c3ccccc3)nc2c1. The molecule has 0 amide bonds. The molecular weight excluding hydrogens is 282 g/mol. The van der Waals surface area contributed by atoms with E-state index in [9.17, 15) is 9.90 Å². The van der Waals surface area contributed by atoms with Crippen molar-refractivity contribution in [2.75, 3.05) is 0 Å². The Kier molecular flexibility index (Phi) is 3.71. The van der Waals surface area contributed by atoms with Gasteiger partial charge < -0.3 is 5.11 Å². The summed E-state index contributed by atoms with van der Waals surface area (Å²) in [6, 6.07) is 15.8. The minimum absolute atomic E-state index is 0.462. The van der Waals surface area contributed by atoms with Gasteiger partial charge in [-0.3, -0.25) is 4.79 Å². The van der Waals surface area contributed by atoms with E-state index in [1.165, 1.54) is 0 Å². The summed E-state index contributed by atoms with van der Waals surface area (Å²) in [7, 11) is 0. The van der Waals surface area contributed by atoms with Crippen molar-refractivity contribution in [1.29, 1.82) is 0 Å². The maximum absolute atomic E-state index is 11.3. The molecule has 0 spiro atoms. The molecule has 1 N–H and O–H groups in total. The third-order valence-corrected chi connectivity index (χ3v) is 4.63. The highest BCUT2D eigenvalue weighted by Crippen LogP contribution is 2.32. The van der Waals surface area contributed by atoms with Crippen LogP contribution in [0.1, 0.15) is 24.8 Å². The second-order valence-corrected chi connectivity index (χ2v) is 5.94. The molecule has 0 aliphatic rings. The van der Waals surface area contributed by atoms with E-state index in [0.29, 0.717) is 6.42 Å². The molecule has 3 aromatic rings. The third kappa shape index (κ3) is 2.67. The highest BCUT2D eigenvalue weighted by molar-refractivity contribution is 7.21. The molecule has 1 heterocycles. The van der Waals surface area contributed by atoms with Crippen molar-refractivity contribution in [3.63, 3.8) is 0 Å². The fourth-order valence-electron chi connectivity index (χ4n) is 2.42. The van der Waals surface area contributed by atoms with Crippen LogP contribution < -0.4 is 0 Å². The average molecular weight is 297 g/mol. The summed E-state index contributed by atoms with van der Waals surface area (Å²) >= 11 is 1.63. The van der Waals surface area contributed by atoms with Gasteiger partial charge in [-0.25, -0.2) is 4.98 Å². The Bertz CT molecular complexity index is 780. The first kappa shape index (κ1) is 13.8. The maximum atomic E-state index is 11.3. The molecule has 0 aliphatic heterocycles. The standard InChI is InChI=1S/C17H15NO2S/c1-2-13(17(19)20)12-8-9-15-14(10-12)18-16(21-15)11-6-4-3-5-7-11/h3-10,13H,2H2,1H3,(H,19,20)/t13-/m0/s1. The highest BCUT2D eigenvalue weighted by atomic mass is 32.1. The van der Waals surface area contributed by atoms with Gasteiger partial charge in [0.25, 0.3) is 0 Å². The first-order chi connectivity index (χ1) is 10.2. The fraction of sp³-hybridized carbons (Fsp3) is 0.176. The predicted molar refractivity (Wildman–Crippen MR) is 85.7 cm³/mol. The molecule has 0 aliphatic carbocycles. The zero-order chi connectivity index (χ0) is 14.8. The van der Waals surface area contributed by atoms with Gasteiger partial charge in [0.2, 0.25) is 0 Å². The Morgan fingerprint density at radius 2 is 2.00 bits per heavy atom. The van der Waals surface area contributed by atoms with Crippen LogP contribution in [0.5, 0.6) is 0 Å². The summed E-state index contributed by atoms with van der Waals surface area (Å²) in [5.74, 6) is -1.24. The number of carboxylic acid groups (broad SMARTS) is 1. The number of carboxylic acids is 1. The van der Waals surface area contributed by atoms with Gasteiger partial charge in [-0.05, 0) is 24.1 Å². The van der Waals surface area contributed by atoms with E-state index in [2.05, 4.69) is 4.98 Å². The average Bonchev–Trinajstić information content (AvgIpc) is 2.92. The first-order valence-electron chi connectivity index (χ1n) is 6.87. The third-order valence-electron chi connectivity index (χ3n) is 3.54. The molecule has 0 bridgehead atoms. The number of hydrogen-bond donors (Lipinski definition) is 1. The van der Waals surface area contributed by atoms with E-state index in [4.69, 9.17) is 0 Å². The summed E-state index contributed by atoms with van der Waals surface area (Å²) in [5, 5.41) is 10.2. The molecule has 3 rings (SSSR count). The van der Waals surface area contributed by atoms with Gasteiger partial charge in [0, 0.05) is 5.56 Å². The molecular formula is C17H15NO2S. The van der Waals surface area contributed by atoms with Crippen molar-refractivity contribution in [2.45, 2.75) is 19.3 Å². The molecule has 21 heavy (non-hydrogen) atoms. The molecule has 106 valence electrons. The van der Waals surface area contributed by atoms with Gasteiger partial charge in [-0.1, -0.05) is 43.3 Å².